The smallest absolute Gasteiger partial charge is 0.263 e. The number of amides is 2. The van der Waals surface area contributed by atoms with Gasteiger partial charge in [-0.3, -0.25) is 9.59 Å². The SMILES string of the molecule is Cc1ncsc1C(=O)N[C@H]1CC(=O)N(Cc2ccccc2Cl)C1. The van der Waals surface area contributed by atoms with E-state index in [2.05, 4.69) is 10.3 Å². The first-order chi connectivity index (χ1) is 11.0. The van der Waals surface area contributed by atoms with Gasteiger partial charge in [-0.15, -0.1) is 11.3 Å². The molecule has 7 heteroatoms. The van der Waals surface area contributed by atoms with Crippen LogP contribution in [0.3, 0.4) is 0 Å². The highest BCUT2D eigenvalue weighted by Crippen LogP contribution is 2.21. The molecular weight excluding hydrogens is 334 g/mol. The first kappa shape index (κ1) is 16.0. The van der Waals surface area contributed by atoms with E-state index >= 15 is 0 Å². The number of likely N-dealkylation sites (tertiary alicyclic amines) is 1. The van der Waals surface area contributed by atoms with E-state index in [1.807, 2.05) is 24.3 Å². The molecule has 1 aliphatic rings. The molecule has 2 heterocycles. The summed E-state index contributed by atoms with van der Waals surface area (Å²) in [7, 11) is 0. The fourth-order valence-corrected chi connectivity index (χ4v) is 3.53. The number of benzene rings is 1. The lowest BCUT2D eigenvalue weighted by Gasteiger charge is -2.18. The van der Waals surface area contributed by atoms with Crippen molar-refractivity contribution in [3.63, 3.8) is 0 Å². The zero-order valence-electron chi connectivity index (χ0n) is 12.6. The Morgan fingerprint density at radius 1 is 1.48 bits per heavy atom. The molecule has 2 amide bonds. The minimum absolute atomic E-state index is 0.0243. The van der Waals surface area contributed by atoms with Gasteiger partial charge in [-0.2, -0.15) is 0 Å². The minimum Gasteiger partial charge on any atom is -0.346 e. The van der Waals surface area contributed by atoms with Gasteiger partial charge in [0.15, 0.2) is 0 Å². The molecule has 0 spiro atoms. The molecule has 1 aromatic carbocycles. The number of nitrogens with zero attached hydrogens (tertiary/aromatic N) is 2. The highest BCUT2D eigenvalue weighted by Gasteiger charge is 2.31. The van der Waals surface area contributed by atoms with E-state index < -0.39 is 0 Å². The molecule has 0 radical (unpaired) electrons. The summed E-state index contributed by atoms with van der Waals surface area (Å²) in [6, 6.07) is 7.29. The van der Waals surface area contributed by atoms with E-state index in [9.17, 15) is 9.59 Å². The lowest BCUT2D eigenvalue weighted by atomic mass is 10.2. The summed E-state index contributed by atoms with van der Waals surface area (Å²) in [6.07, 6.45) is 0.314. The Kier molecular flexibility index (Phi) is 4.63. The molecule has 0 unspecified atom stereocenters. The van der Waals surface area contributed by atoms with E-state index in [-0.39, 0.29) is 17.9 Å². The third kappa shape index (κ3) is 3.54. The van der Waals surface area contributed by atoms with Crippen molar-refractivity contribution in [3.8, 4) is 0 Å². The maximum absolute atomic E-state index is 12.2. The lowest BCUT2D eigenvalue weighted by Crippen LogP contribution is -2.37. The van der Waals surface area contributed by atoms with E-state index in [1.54, 1.807) is 17.3 Å². The van der Waals surface area contributed by atoms with Crippen LogP contribution in [0, 0.1) is 6.92 Å². The molecule has 2 aromatic rings. The lowest BCUT2D eigenvalue weighted by molar-refractivity contribution is -0.128. The summed E-state index contributed by atoms with van der Waals surface area (Å²) in [5.41, 5.74) is 3.27. The summed E-state index contributed by atoms with van der Waals surface area (Å²) < 4.78 is 0. The third-order valence-corrected chi connectivity index (χ3v) is 5.12. The average Bonchev–Trinajstić information content (AvgIpc) is 3.08. The molecule has 120 valence electrons. The average molecular weight is 350 g/mol. The molecular formula is C16H16ClN3O2S. The normalized spacial score (nSPS) is 17.6. The summed E-state index contributed by atoms with van der Waals surface area (Å²) in [5, 5.41) is 3.57. The molecule has 3 rings (SSSR count). The second-order valence-corrected chi connectivity index (χ2v) is 6.77. The van der Waals surface area contributed by atoms with Gasteiger partial charge in [0.2, 0.25) is 5.91 Å². The maximum atomic E-state index is 12.2. The summed E-state index contributed by atoms with van der Waals surface area (Å²) in [6.45, 7) is 2.76. The van der Waals surface area contributed by atoms with Gasteiger partial charge in [0.25, 0.3) is 5.91 Å². The monoisotopic (exact) mass is 349 g/mol. The van der Waals surface area contributed by atoms with Crippen molar-refractivity contribution in [2.45, 2.75) is 25.9 Å². The Balaban J connectivity index is 1.63. The van der Waals surface area contributed by atoms with Crippen molar-refractivity contribution < 1.29 is 9.59 Å². The maximum Gasteiger partial charge on any atom is 0.263 e. The number of carbonyl (C=O) groups is 2. The quantitative estimate of drug-likeness (QED) is 0.923. The van der Waals surface area contributed by atoms with Crippen molar-refractivity contribution in [3.05, 3.63) is 50.9 Å². The van der Waals surface area contributed by atoms with Crippen LogP contribution in [0.25, 0.3) is 0 Å². The Morgan fingerprint density at radius 2 is 2.26 bits per heavy atom. The van der Waals surface area contributed by atoms with Crippen LogP contribution in [0.4, 0.5) is 0 Å². The molecule has 1 aliphatic heterocycles. The Bertz CT molecular complexity index is 746. The number of hydrogen-bond acceptors (Lipinski definition) is 4. The van der Waals surface area contributed by atoms with Crippen LogP contribution >= 0.6 is 22.9 Å². The first-order valence-corrected chi connectivity index (χ1v) is 8.52. The predicted molar refractivity (Wildman–Crippen MR) is 89.6 cm³/mol. The van der Waals surface area contributed by atoms with Crippen LogP contribution in [-0.4, -0.2) is 34.3 Å². The van der Waals surface area contributed by atoms with Crippen molar-refractivity contribution in [1.82, 2.24) is 15.2 Å². The third-order valence-electron chi connectivity index (χ3n) is 3.82. The number of thiazole rings is 1. The van der Waals surface area contributed by atoms with Crippen LogP contribution in [0.1, 0.15) is 27.3 Å². The molecule has 1 aromatic heterocycles. The van der Waals surface area contributed by atoms with Crippen molar-refractivity contribution in [2.75, 3.05) is 6.54 Å². The summed E-state index contributed by atoms with van der Waals surface area (Å²) in [5.74, 6) is -0.140. The minimum atomic E-state index is -0.181. The van der Waals surface area contributed by atoms with Gasteiger partial charge in [-0.05, 0) is 18.6 Å². The molecule has 5 nitrogen and oxygen atoms in total. The van der Waals surface area contributed by atoms with E-state index in [0.29, 0.717) is 35.1 Å². The largest absolute Gasteiger partial charge is 0.346 e. The van der Waals surface area contributed by atoms with E-state index in [4.69, 9.17) is 11.6 Å². The van der Waals surface area contributed by atoms with Crippen molar-refractivity contribution in [1.29, 1.82) is 0 Å². The number of rotatable bonds is 4. The highest BCUT2D eigenvalue weighted by molar-refractivity contribution is 7.11. The highest BCUT2D eigenvalue weighted by atomic mass is 35.5. The molecule has 1 atom stereocenters. The van der Waals surface area contributed by atoms with Crippen molar-refractivity contribution in [2.24, 2.45) is 0 Å². The molecule has 0 saturated carbocycles. The number of halogens is 1. The van der Waals surface area contributed by atoms with Crippen molar-refractivity contribution >= 4 is 34.8 Å². The number of nitrogens with one attached hydrogen (secondary N) is 1. The number of carbonyl (C=O) groups excluding carboxylic acids is 2. The van der Waals surface area contributed by atoms with Crippen LogP contribution in [0.15, 0.2) is 29.8 Å². The zero-order chi connectivity index (χ0) is 16.4. The van der Waals surface area contributed by atoms with Crippen LogP contribution in [0.5, 0.6) is 0 Å². The Hall–Kier alpha value is -1.92. The van der Waals surface area contributed by atoms with Crippen LogP contribution in [-0.2, 0) is 11.3 Å². The van der Waals surface area contributed by atoms with Crippen LogP contribution in [0.2, 0.25) is 5.02 Å². The Morgan fingerprint density at radius 3 is 2.96 bits per heavy atom. The number of hydrogen-bond donors (Lipinski definition) is 1. The fraction of sp³-hybridized carbons (Fsp3) is 0.312. The number of aryl methyl sites for hydroxylation is 1. The molecule has 0 bridgehead atoms. The summed E-state index contributed by atoms with van der Waals surface area (Å²) >= 11 is 7.45. The van der Waals surface area contributed by atoms with Gasteiger partial charge in [-0.25, -0.2) is 4.98 Å². The fourth-order valence-electron chi connectivity index (χ4n) is 2.62. The molecule has 23 heavy (non-hydrogen) atoms. The van der Waals surface area contributed by atoms with Gasteiger partial charge in [0.05, 0.1) is 17.2 Å². The standard InChI is InChI=1S/C16H16ClN3O2S/c1-10-15(23-9-18-10)16(22)19-12-6-14(21)20(8-12)7-11-4-2-3-5-13(11)17/h2-5,9,12H,6-8H2,1H3,(H,19,22)/t12-/m0/s1. The molecule has 0 aliphatic carbocycles. The second-order valence-electron chi connectivity index (χ2n) is 5.51. The van der Waals surface area contributed by atoms with Gasteiger partial charge in [-0.1, -0.05) is 29.8 Å². The molecule has 1 saturated heterocycles. The van der Waals surface area contributed by atoms with Gasteiger partial charge < -0.3 is 10.2 Å². The predicted octanol–water partition coefficient (Wildman–Crippen LogP) is 2.64. The van der Waals surface area contributed by atoms with Gasteiger partial charge >= 0.3 is 0 Å². The molecule has 1 fully saturated rings. The molecule has 1 N–H and O–H groups in total. The van der Waals surface area contributed by atoms with E-state index in [1.165, 1.54) is 11.3 Å². The van der Waals surface area contributed by atoms with Crippen LogP contribution < -0.4 is 5.32 Å². The first-order valence-electron chi connectivity index (χ1n) is 7.26. The second kappa shape index (κ2) is 6.68. The summed E-state index contributed by atoms with van der Waals surface area (Å²) in [4.78, 5) is 30.8. The number of aromatic nitrogens is 1. The van der Waals surface area contributed by atoms with E-state index in [0.717, 1.165) is 5.56 Å². The Labute approximate surface area is 143 Å². The van der Waals surface area contributed by atoms with Gasteiger partial charge in [0, 0.05) is 24.5 Å². The zero-order valence-corrected chi connectivity index (χ0v) is 14.2. The van der Waals surface area contributed by atoms with Gasteiger partial charge in [0.1, 0.15) is 4.88 Å². The topological polar surface area (TPSA) is 62.3 Å².